The van der Waals surface area contributed by atoms with Crippen molar-refractivity contribution in [1.29, 1.82) is 0 Å². The van der Waals surface area contributed by atoms with Gasteiger partial charge in [-0.1, -0.05) is 60.7 Å². The molecule has 0 unspecified atom stereocenters. The summed E-state index contributed by atoms with van der Waals surface area (Å²) in [6, 6.07) is 35.0. The fourth-order valence-corrected chi connectivity index (χ4v) is 8.77. The number of benzene rings is 4. The van der Waals surface area contributed by atoms with Gasteiger partial charge in [0, 0.05) is 0 Å². The Balaban J connectivity index is 0.00000324. The van der Waals surface area contributed by atoms with E-state index in [1.807, 2.05) is 18.2 Å². The van der Waals surface area contributed by atoms with Gasteiger partial charge >= 0.3 is 0 Å². The molecule has 0 heterocycles. The molecule has 176 valence electrons. The first-order valence-corrected chi connectivity index (χ1v) is 13.3. The van der Waals surface area contributed by atoms with E-state index < -0.39 is 18.9 Å². The Hall–Kier alpha value is -2.55. The minimum absolute atomic E-state index is 0. The van der Waals surface area contributed by atoms with Crippen LogP contribution in [-0.2, 0) is 6.42 Å². The third kappa shape index (κ3) is 5.40. The van der Waals surface area contributed by atoms with Crippen LogP contribution in [0.5, 0.6) is 5.75 Å². The van der Waals surface area contributed by atoms with Gasteiger partial charge in [0.25, 0.3) is 0 Å². The first kappa shape index (κ1) is 26.1. The largest absolute Gasteiger partial charge is 1.00 e. The SMILES string of the molecule is CCOc1ccc(CCC[P+](c2ccccc2)(c2ccccc2)c2ccccc2)c(F)c1F.[Br-]. The second-order valence-electron chi connectivity index (χ2n) is 7.93. The van der Waals surface area contributed by atoms with E-state index in [-0.39, 0.29) is 22.7 Å². The zero-order valence-corrected chi connectivity index (χ0v) is 21.6. The molecule has 1 nitrogen and oxygen atoms in total. The van der Waals surface area contributed by atoms with E-state index in [0.29, 0.717) is 18.6 Å². The van der Waals surface area contributed by atoms with Crippen LogP contribution in [0.4, 0.5) is 8.78 Å². The van der Waals surface area contributed by atoms with Gasteiger partial charge in [0.2, 0.25) is 5.82 Å². The highest BCUT2D eigenvalue weighted by Crippen LogP contribution is 2.55. The van der Waals surface area contributed by atoms with E-state index in [1.54, 1.807) is 13.0 Å². The maximum atomic E-state index is 14.7. The molecule has 0 aliphatic rings. The number of hydrogen-bond donors (Lipinski definition) is 0. The lowest BCUT2D eigenvalue weighted by atomic mass is 10.1. The minimum atomic E-state index is -1.98. The standard InChI is InChI=1S/C29H28F2OP.BrH/c1-2-32-27-21-20-23(28(30)29(27)31)13-12-22-33(24-14-6-3-7-15-24,25-16-8-4-9-17-25)26-18-10-5-11-19-26;/h3-11,14-21H,2,12-13,22H2,1H3;1H/q+1;/p-1. The smallest absolute Gasteiger partial charge is 0.200 e. The van der Waals surface area contributed by atoms with Crippen molar-refractivity contribution in [2.75, 3.05) is 12.8 Å². The molecular formula is C29H28BrF2OP. The first-order chi connectivity index (χ1) is 16.2. The molecule has 0 aliphatic carbocycles. The molecule has 0 fully saturated rings. The number of rotatable bonds is 9. The van der Waals surface area contributed by atoms with Crippen LogP contribution in [0.25, 0.3) is 0 Å². The van der Waals surface area contributed by atoms with Gasteiger partial charge in [-0.2, -0.15) is 4.39 Å². The van der Waals surface area contributed by atoms with Crippen molar-refractivity contribution in [2.45, 2.75) is 19.8 Å². The Morgan fingerprint density at radius 1 is 0.647 bits per heavy atom. The number of halogens is 3. The van der Waals surface area contributed by atoms with Crippen LogP contribution in [0.15, 0.2) is 103 Å². The molecule has 4 aromatic carbocycles. The highest BCUT2D eigenvalue weighted by Gasteiger charge is 2.44. The monoisotopic (exact) mass is 540 g/mol. The van der Waals surface area contributed by atoms with E-state index in [9.17, 15) is 8.78 Å². The number of aryl methyl sites for hydroxylation is 1. The van der Waals surface area contributed by atoms with Gasteiger partial charge in [0.05, 0.1) is 12.8 Å². The van der Waals surface area contributed by atoms with Gasteiger partial charge in [-0.3, -0.25) is 0 Å². The molecule has 4 aromatic rings. The Kier molecular flexibility index (Phi) is 9.38. The summed E-state index contributed by atoms with van der Waals surface area (Å²) in [7, 11) is -1.98. The third-order valence-electron chi connectivity index (χ3n) is 5.96. The average molecular weight is 541 g/mol. The van der Waals surface area contributed by atoms with Crippen molar-refractivity contribution in [3.8, 4) is 5.75 Å². The highest BCUT2D eigenvalue weighted by molar-refractivity contribution is 7.95. The summed E-state index contributed by atoms with van der Waals surface area (Å²) in [5.74, 6) is -1.73. The van der Waals surface area contributed by atoms with Gasteiger partial charge in [-0.25, -0.2) is 4.39 Å². The molecule has 0 amide bonds. The molecule has 0 bridgehead atoms. The van der Waals surface area contributed by atoms with E-state index >= 15 is 0 Å². The molecule has 0 N–H and O–H groups in total. The van der Waals surface area contributed by atoms with Crippen molar-refractivity contribution < 1.29 is 30.5 Å². The zero-order valence-electron chi connectivity index (χ0n) is 19.1. The molecule has 0 aromatic heterocycles. The van der Waals surface area contributed by atoms with Gasteiger partial charge in [-0.15, -0.1) is 0 Å². The Morgan fingerprint density at radius 2 is 1.12 bits per heavy atom. The van der Waals surface area contributed by atoms with Crippen LogP contribution in [0.2, 0.25) is 0 Å². The molecule has 34 heavy (non-hydrogen) atoms. The third-order valence-corrected chi connectivity index (χ3v) is 10.5. The van der Waals surface area contributed by atoms with Crippen molar-refractivity contribution >= 4 is 23.2 Å². The Bertz CT molecular complexity index is 1070. The van der Waals surface area contributed by atoms with Gasteiger partial charge in [-0.05, 0) is 67.8 Å². The van der Waals surface area contributed by atoms with Crippen molar-refractivity contribution in [1.82, 2.24) is 0 Å². The van der Waals surface area contributed by atoms with E-state index in [2.05, 4.69) is 72.8 Å². The molecule has 0 aliphatic heterocycles. The summed E-state index contributed by atoms with van der Waals surface area (Å²) in [5.41, 5.74) is 0.392. The van der Waals surface area contributed by atoms with Gasteiger partial charge in [0.15, 0.2) is 11.6 Å². The summed E-state index contributed by atoms with van der Waals surface area (Å²) < 4.78 is 34.3. The molecule has 0 saturated carbocycles. The van der Waals surface area contributed by atoms with Crippen LogP contribution in [0.1, 0.15) is 18.9 Å². The molecule has 0 radical (unpaired) electrons. The fourth-order valence-electron chi connectivity index (χ4n) is 4.42. The Labute approximate surface area is 211 Å². The number of hydrogen-bond acceptors (Lipinski definition) is 1. The number of ether oxygens (including phenoxy) is 1. The lowest BCUT2D eigenvalue weighted by Gasteiger charge is -2.27. The van der Waals surface area contributed by atoms with Crippen LogP contribution < -0.4 is 37.6 Å². The lowest BCUT2D eigenvalue weighted by Crippen LogP contribution is -3.00. The van der Waals surface area contributed by atoms with Crippen LogP contribution in [0.3, 0.4) is 0 Å². The van der Waals surface area contributed by atoms with Crippen molar-refractivity contribution in [2.24, 2.45) is 0 Å². The zero-order chi connectivity index (χ0) is 23.1. The van der Waals surface area contributed by atoms with Gasteiger partial charge in [0.1, 0.15) is 23.2 Å². The highest BCUT2D eigenvalue weighted by atomic mass is 79.9. The molecule has 0 spiro atoms. The van der Waals surface area contributed by atoms with Crippen LogP contribution in [0, 0.1) is 11.6 Å². The van der Waals surface area contributed by atoms with Crippen LogP contribution >= 0.6 is 7.26 Å². The summed E-state index contributed by atoms with van der Waals surface area (Å²) in [6.07, 6.45) is 2.06. The van der Waals surface area contributed by atoms with Crippen LogP contribution in [-0.4, -0.2) is 12.8 Å². The predicted molar refractivity (Wildman–Crippen MR) is 136 cm³/mol. The summed E-state index contributed by atoms with van der Waals surface area (Å²) in [4.78, 5) is 0. The molecule has 0 saturated heterocycles. The first-order valence-electron chi connectivity index (χ1n) is 11.3. The predicted octanol–water partition coefficient (Wildman–Crippen LogP) is 3.29. The second kappa shape index (κ2) is 12.2. The van der Waals surface area contributed by atoms with E-state index in [4.69, 9.17) is 4.74 Å². The molecule has 4 rings (SSSR count). The van der Waals surface area contributed by atoms with Gasteiger partial charge < -0.3 is 21.7 Å². The lowest BCUT2D eigenvalue weighted by molar-refractivity contribution is -0.00000797. The summed E-state index contributed by atoms with van der Waals surface area (Å²) in [6.45, 7) is 2.05. The minimum Gasteiger partial charge on any atom is -1.00 e. The van der Waals surface area contributed by atoms with E-state index in [0.717, 1.165) is 12.6 Å². The summed E-state index contributed by atoms with van der Waals surface area (Å²) in [5, 5.41) is 3.88. The maximum Gasteiger partial charge on any atom is 0.200 e. The summed E-state index contributed by atoms with van der Waals surface area (Å²) >= 11 is 0. The maximum absolute atomic E-state index is 14.7. The quantitative estimate of drug-likeness (QED) is 0.296. The normalized spacial score (nSPS) is 11.0. The molecular weight excluding hydrogens is 513 g/mol. The van der Waals surface area contributed by atoms with Crippen molar-refractivity contribution in [3.63, 3.8) is 0 Å². The molecule has 5 heteroatoms. The topological polar surface area (TPSA) is 9.23 Å². The second-order valence-corrected chi connectivity index (χ2v) is 11.5. The average Bonchev–Trinajstić information content (AvgIpc) is 2.88. The Morgan fingerprint density at radius 3 is 1.56 bits per heavy atom. The van der Waals surface area contributed by atoms with Crippen molar-refractivity contribution in [3.05, 3.63) is 120 Å². The fraction of sp³-hybridized carbons (Fsp3) is 0.172. The van der Waals surface area contributed by atoms with E-state index in [1.165, 1.54) is 22.0 Å². The molecule has 0 atom stereocenters.